The van der Waals surface area contributed by atoms with E-state index >= 15 is 0 Å². The van der Waals surface area contributed by atoms with E-state index in [1.165, 1.54) is 24.3 Å². The predicted octanol–water partition coefficient (Wildman–Crippen LogP) is 4.60. The third-order valence-corrected chi connectivity index (χ3v) is 5.01. The first-order valence-corrected chi connectivity index (χ1v) is 9.51. The maximum absolute atomic E-state index is 12.3. The van der Waals surface area contributed by atoms with Gasteiger partial charge in [-0.15, -0.1) is 13.2 Å². The van der Waals surface area contributed by atoms with Crippen molar-refractivity contribution in [2.75, 3.05) is 6.54 Å². The Morgan fingerprint density at radius 3 is 2.50 bits per heavy atom. The molecule has 0 aliphatic carbocycles. The van der Waals surface area contributed by atoms with Gasteiger partial charge in [0.15, 0.2) is 0 Å². The SMILES string of the molecule is OC1C[C@@H](c2nc(-c3ccc(OC(F)(F)F)cc3)no2)N(Cc2ccc(Cl)cc2)C1. The van der Waals surface area contributed by atoms with Crippen LogP contribution in [0.4, 0.5) is 13.2 Å². The van der Waals surface area contributed by atoms with Crippen molar-refractivity contribution in [3.8, 4) is 17.1 Å². The molecule has 3 aromatic rings. The smallest absolute Gasteiger partial charge is 0.406 e. The van der Waals surface area contributed by atoms with Crippen LogP contribution < -0.4 is 4.74 Å². The molecular formula is C20H17ClF3N3O3. The van der Waals surface area contributed by atoms with Crippen molar-refractivity contribution in [3.63, 3.8) is 0 Å². The van der Waals surface area contributed by atoms with Crippen LogP contribution in [-0.4, -0.2) is 39.2 Å². The van der Waals surface area contributed by atoms with Gasteiger partial charge in [-0.25, -0.2) is 0 Å². The van der Waals surface area contributed by atoms with Gasteiger partial charge in [-0.1, -0.05) is 28.9 Å². The average Bonchev–Trinajstić information content (AvgIpc) is 3.30. The lowest BCUT2D eigenvalue weighted by Gasteiger charge is -2.21. The molecular weight excluding hydrogens is 423 g/mol. The lowest BCUT2D eigenvalue weighted by molar-refractivity contribution is -0.274. The summed E-state index contributed by atoms with van der Waals surface area (Å²) in [7, 11) is 0. The highest BCUT2D eigenvalue weighted by Crippen LogP contribution is 2.34. The highest BCUT2D eigenvalue weighted by molar-refractivity contribution is 6.30. The molecule has 1 aromatic heterocycles. The normalized spacial score (nSPS) is 19.9. The fourth-order valence-electron chi connectivity index (χ4n) is 3.43. The minimum atomic E-state index is -4.75. The van der Waals surface area contributed by atoms with Crippen LogP contribution in [0.15, 0.2) is 53.1 Å². The molecule has 2 heterocycles. The number of aromatic nitrogens is 2. The summed E-state index contributed by atoms with van der Waals surface area (Å²) >= 11 is 5.93. The summed E-state index contributed by atoms with van der Waals surface area (Å²) in [5, 5.41) is 14.7. The summed E-state index contributed by atoms with van der Waals surface area (Å²) in [6, 6.07) is 12.4. The number of hydrogen-bond acceptors (Lipinski definition) is 6. The summed E-state index contributed by atoms with van der Waals surface area (Å²) in [6.07, 6.45) is -4.85. The zero-order chi connectivity index (χ0) is 21.3. The van der Waals surface area contributed by atoms with Crippen LogP contribution in [0.5, 0.6) is 5.75 Å². The van der Waals surface area contributed by atoms with Crippen molar-refractivity contribution in [2.24, 2.45) is 0 Å². The molecule has 0 bridgehead atoms. The number of likely N-dealkylation sites (tertiary alicyclic amines) is 1. The van der Waals surface area contributed by atoms with E-state index in [0.717, 1.165) is 5.56 Å². The number of alkyl halides is 3. The molecule has 1 N–H and O–H groups in total. The molecule has 1 fully saturated rings. The van der Waals surface area contributed by atoms with E-state index in [1.807, 2.05) is 17.0 Å². The zero-order valence-corrected chi connectivity index (χ0v) is 16.3. The maximum atomic E-state index is 12.3. The molecule has 6 nitrogen and oxygen atoms in total. The average molecular weight is 440 g/mol. The monoisotopic (exact) mass is 439 g/mol. The maximum Gasteiger partial charge on any atom is 0.573 e. The fourth-order valence-corrected chi connectivity index (χ4v) is 3.55. The van der Waals surface area contributed by atoms with Gasteiger partial charge in [0.2, 0.25) is 11.7 Å². The van der Waals surface area contributed by atoms with E-state index in [0.29, 0.717) is 36.0 Å². The number of hydrogen-bond donors (Lipinski definition) is 1. The first-order chi connectivity index (χ1) is 14.3. The molecule has 0 radical (unpaired) electrons. The second kappa shape index (κ2) is 8.25. The molecule has 2 atom stereocenters. The van der Waals surface area contributed by atoms with E-state index in [2.05, 4.69) is 14.9 Å². The lowest BCUT2D eigenvalue weighted by Crippen LogP contribution is -2.24. The first kappa shape index (κ1) is 20.6. The van der Waals surface area contributed by atoms with Crippen molar-refractivity contribution < 1.29 is 27.5 Å². The van der Waals surface area contributed by atoms with Crippen LogP contribution in [0.25, 0.3) is 11.4 Å². The number of halogens is 4. The molecule has 0 amide bonds. The Bertz CT molecular complexity index is 993. The molecule has 30 heavy (non-hydrogen) atoms. The topological polar surface area (TPSA) is 71.6 Å². The van der Waals surface area contributed by atoms with Gasteiger partial charge in [-0.05, 0) is 48.4 Å². The molecule has 10 heteroatoms. The van der Waals surface area contributed by atoms with Crippen LogP contribution in [-0.2, 0) is 6.54 Å². The van der Waals surface area contributed by atoms with E-state index in [4.69, 9.17) is 16.1 Å². The summed E-state index contributed by atoms with van der Waals surface area (Å²) in [5.41, 5.74) is 1.51. The Morgan fingerprint density at radius 2 is 1.83 bits per heavy atom. The van der Waals surface area contributed by atoms with Gasteiger partial charge < -0.3 is 14.4 Å². The summed E-state index contributed by atoms with van der Waals surface area (Å²) in [6.45, 7) is 1.02. The number of ether oxygens (including phenoxy) is 1. The number of nitrogens with zero attached hydrogens (tertiary/aromatic N) is 3. The molecule has 0 spiro atoms. The van der Waals surface area contributed by atoms with Gasteiger partial charge in [0.25, 0.3) is 0 Å². The number of aliphatic hydroxyl groups excluding tert-OH is 1. The first-order valence-electron chi connectivity index (χ1n) is 9.13. The van der Waals surface area contributed by atoms with Crippen molar-refractivity contribution >= 4 is 11.6 Å². The number of β-amino-alcohol motifs (C(OH)–C–C–N with tert-alkyl or cyclic N) is 1. The minimum Gasteiger partial charge on any atom is -0.406 e. The molecule has 1 saturated heterocycles. The van der Waals surface area contributed by atoms with Crippen LogP contribution in [0.1, 0.15) is 23.9 Å². The van der Waals surface area contributed by atoms with Crippen molar-refractivity contribution in [2.45, 2.75) is 31.5 Å². The standard InChI is InChI=1S/C20H17ClF3N3O3/c21-14-5-1-12(2-6-14)10-27-11-15(28)9-17(27)19-25-18(26-30-19)13-3-7-16(8-4-13)29-20(22,23)24/h1-8,15,17,28H,9-11H2/t15?,17-/m0/s1. The Kier molecular flexibility index (Phi) is 5.68. The van der Waals surface area contributed by atoms with E-state index < -0.39 is 12.5 Å². The Morgan fingerprint density at radius 1 is 1.13 bits per heavy atom. The largest absolute Gasteiger partial charge is 0.573 e. The molecule has 1 unspecified atom stereocenters. The van der Waals surface area contributed by atoms with Gasteiger partial charge in [-0.3, -0.25) is 4.90 Å². The second-order valence-corrected chi connectivity index (χ2v) is 7.43. The van der Waals surface area contributed by atoms with Crippen molar-refractivity contribution in [3.05, 3.63) is 65.0 Å². The van der Waals surface area contributed by atoms with Crippen molar-refractivity contribution in [1.29, 1.82) is 0 Å². The minimum absolute atomic E-state index is 0.247. The van der Waals surface area contributed by atoms with Crippen molar-refractivity contribution in [1.82, 2.24) is 15.0 Å². The third-order valence-electron chi connectivity index (χ3n) is 4.75. The summed E-state index contributed by atoms with van der Waals surface area (Å²) < 4.78 is 46.1. The molecule has 1 aliphatic heterocycles. The summed E-state index contributed by atoms with van der Waals surface area (Å²) in [4.78, 5) is 6.43. The molecule has 2 aromatic carbocycles. The quantitative estimate of drug-likeness (QED) is 0.626. The number of benzene rings is 2. The molecule has 0 saturated carbocycles. The van der Waals surface area contributed by atoms with Crippen LogP contribution in [0.3, 0.4) is 0 Å². The summed E-state index contributed by atoms with van der Waals surface area (Å²) in [5.74, 6) is 0.255. The molecule has 1 aliphatic rings. The third kappa shape index (κ3) is 4.92. The molecule has 4 rings (SSSR count). The Balaban J connectivity index is 1.49. The lowest BCUT2D eigenvalue weighted by atomic mass is 10.1. The zero-order valence-electron chi connectivity index (χ0n) is 15.5. The van der Waals surface area contributed by atoms with Gasteiger partial charge in [0, 0.05) is 23.7 Å². The predicted molar refractivity (Wildman–Crippen MR) is 102 cm³/mol. The highest BCUT2D eigenvalue weighted by atomic mass is 35.5. The van der Waals surface area contributed by atoms with Gasteiger partial charge in [0.1, 0.15) is 5.75 Å². The van der Waals surface area contributed by atoms with Crippen LogP contribution in [0, 0.1) is 0 Å². The Labute approximate surface area is 174 Å². The van der Waals surface area contributed by atoms with Crippen LogP contribution >= 0.6 is 11.6 Å². The van der Waals surface area contributed by atoms with Gasteiger partial charge in [-0.2, -0.15) is 4.98 Å². The Hall–Kier alpha value is -2.62. The number of rotatable bonds is 5. The molecule has 158 valence electrons. The second-order valence-electron chi connectivity index (χ2n) is 6.99. The van der Waals surface area contributed by atoms with Gasteiger partial charge >= 0.3 is 6.36 Å². The number of aliphatic hydroxyl groups is 1. The van der Waals surface area contributed by atoms with E-state index in [1.54, 1.807) is 12.1 Å². The van der Waals surface area contributed by atoms with Gasteiger partial charge in [0.05, 0.1) is 12.1 Å². The fraction of sp³-hybridized carbons (Fsp3) is 0.300. The van der Waals surface area contributed by atoms with Crippen LogP contribution in [0.2, 0.25) is 5.02 Å². The highest BCUT2D eigenvalue weighted by Gasteiger charge is 2.36. The van der Waals surface area contributed by atoms with E-state index in [-0.39, 0.29) is 17.6 Å². The van der Waals surface area contributed by atoms with E-state index in [9.17, 15) is 18.3 Å².